The van der Waals surface area contributed by atoms with Gasteiger partial charge in [-0.2, -0.15) is 5.10 Å². The van der Waals surface area contributed by atoms with E-state index in [-0.39, 0.29) is 11.9 Å². The summed E-state index contributed by atoms with van der Waals surface area (Å²) >= 11 is 0. The molecule has 1 aromatic rings. The highest BCUT2D eigenvalue weighted by Crippen LogP contribution is 2.24. The maximum Gasteiger partial charge on any atom is 0.255 e. The van der Waals surface area contributed by atoms with Gasteiger partial charge >= 0.3 is 0 Å². The lowest BCUT2D eigenvalue weighted by atomic mass is 9.84. The number of aromatic nitrogens is 2. The third-order valence-corrected chi connectivity index (χ3v) is 4.26. The number of carbonyl (C=O) groups excluding carboxylic acids is 1. The number of aryl methyl sites for hydroxylation is 2. The van der Waals surface area contributed by atoms with E-state index in [1.54, 1.807) is 4.68 Å². The van der Waals surface area contributed by atoms with E-state index in [0.717, 1.165) is 24.2 Å². The van der Waals surface area contributed by atoms with Gasteiger partial charge in [-0.3, -0.25) is 9.48 Å². The van der Waals surface area contributed by atoms with Crippen molar-refractivity contribution in [2.45, 2.75) is 45.6 Å². The van der Waals surface area contributed by atoms with Gasteiger partial charge in [-0.25, -0.2) is 0 Å². The van der Waals surface area contributed by atoms with Crippen molar-refractivity contribution in [2.75, 3.05) is 6.54 Å². The highest BCUT2D eigenvalue weighted by molar-refractivity contribution is 5.96. The predicted molar refractivity (Wildman–Crippen MR) is 74.9 cm³/mol. The van der Waals surface area contributed by atoms with Crippen LogP contribution in [0.2, 0.25) is 0 Å². The average molecular weight is 264 g/mol. The van der Waals surface area contributed by atoms with Gasteiger partial charge < -0.3 is 11.1 Å². The van der Waals surface area contributed by atoms with Crippen LogP contribution in [0.3, 0.4) is 0 Å². The van der Waals surface area contributed by atoms with Crippen LogP contribution < -0.4 is 11.1 Å². The normalized spacial score (nSPS) is 23.4. The van der Waals surface area contributed by atoms with Gasteiger partial charge in [0.15, 0.2) is 0 Å². The van der Waals surface area contributed by atoms with Crippen LogP contribution in [0, 0.1) is 19.8 Å². The Hall–Kier alpha value is -1.36. The predicted octanol–water partition coefficient (Wildman–Crippen LogP) is 1.28. The van der Waals surface area contributed by atoms with Gasteiger partial charge in [0.2, 0.25) is 0 Å². The molecule has 2 atom stereocenters. The van der Waals surface area contributed by atoms with Crippen molar-refractivity contribution < 1.29 is 4.79 Å². The number of hydrogen-bond acceptors (Lipinski definition) is 3. The van der Waals surface area contributed by atoms with Gasteiger partial charge in [0.25, 0.3) is 5.91 Å². The summed E-state index contributed by atoms with van der Waals surface area (Å²) in [6.45, 7) is 4.45. The molecule has 3 N–H and O–H groups in total. The summed E-state index contributed by atoms with van der Waals surface area (Å²) in [5, 5.41) is 7.45. The number of nitrogens with two attached hydrogens (primary N) is 1. The van der Waals surface area contributed by atoms with Crippen LogP contribution in [-0.4, -0.2) is 28.3 Å². The van der Waals surface area contributed by atoms with Crippen LogP contribution in [0.15, 0.2) is 0 Å². The van der Waals surface area contributed by atoms with E-state index >= 15 is 0 Å². The topological polar surface area (TPSA) is 72.9 Å². The van der Waals surface area contributed by atoms with Crippen molar-refractivity contribution in [3.05, 3.63) is 17.0 Å². The minimum Gasteiger partial charge on any atom is -0.349 e. The number of hydrogen-bond donors (Lipinski definition) is 2. The SMILES string of the molecule is Cc1nn(C)c(C)c1C(=O)NC1CCCCC1CN. The second-order valence-corrected chi connectivity index (χ2v) is 5.53. The van der Waals surface area contributed by atoms with E-state index in [1.807, 2.05) is 20.9 Å². The van der Waals surface area contributed by atoms with E-state index in [2.05, 4.69) is 10.4 Å². The molecule has 1 aliphatic rings. The lowest BCUT2D eigenvalue weighted by molar-refractivity contribution is 0.0906. The first-order valence-corrected chi connectivity index (χ1v) is 7.05. The zero-order valence-corrected chi connectivity index (χ0v) is 12.1. The van der Waals surface area contributed by atoms with Crippen molar-refractivity contribution in [3.63, 3.8) is 0 Å². The quantitative estimate of drug-likeness (QED) is 0.864. The molecule has 1 saturated carbocycles. The molecule has 0 aliphatic heterocycles. The Kier molecular flexibility index (Phi) is 4.24. The van der Waals surface area contributed by atoms with Crippen molar-refractivity contribution in [3.8, 4) is 0 Å². The van der Waals surface area contributed by atoms with E-state index in [4.69, 9.17) is 5.73 Å². The summed E-state index contributed by atoms with van der Waals surface area (Å²) in [5.41, 5.74) is 8.22. The molecule has 19 heavy (non-hydrogen) atoms. The maximum atomic E-state index is 12.4. The molecule has 0 saturated heterocycles. The summed E-state index contributed by atoms with van der Waals surface area (Å²) in [5.74, 6) is 0.406. The fourth-order valence-corrected chi connectivity index (χ4v) is 3.02. The van der Waals surface area contributed by atoms with Gasteiger partial charge in [0.05, 0.1) is 11.3 Å². The Morgan fingerprint density at radius 1 is 1.42 bits per heavy atom. The molecule has 1 fully saturated rings. The van der Waals surface area contributed by atoms with E-state index in [1.165, 1.54) is 12.8 Å². The number of amides is 1. The third kappa shape index (κ3) is 2.81. The molecule has 0 spiro atoms. The van der Waals surface area contributed by atoms with Gasteiger partial charge in [0.1, 0.15) is 0 Å². The molecule has 1 amide bonds. The Labute approximate surface area is 114 Å². The largest absolute Gasteiger partial charge is 0.349 e. The highest BCUT2D eigenvalue weighted by atomic mass is 16.1. The van der Waals surface area contributed by atoms with Crippen LogP contribution >= 0.6 is 0 Å². The Morgan fingerprint density at radius 2 is 2.11 bits per heavy atom. The Balaban J connectivity index is 2.12. The number of carbonyl (C=O) groups is 1. The summed E-state index contributed by atoms with van der Waals surface area (Å²) in [4.78, 5) is 12.4. The Bertz CT molecular complexity index is 466. The van der Waals surface area contributed by atoms with Crippen LogP contribution in [0.1, 0.15) is 47.4 Å². The monoisotopic (exact) mass is 264 g/mol. The molecule has 106 valence electrons. The zero-order chi connectivity index (χ0) is 14.0. The molecule has 1 aromatic heterocycles. The number of nitrogens with zero attached hydrogens (tertiary/aromatic N) is 2. The van der Waals surface area contributed by atoms with Gasteiger partial charge in [0, 0.05) is 18.8 Å². The molecule has 1 heterocycles. The Morgan fingerprint density at radius 3 is 2.68 bits per heavy atom. The molecule has 0 aromatic carbocycles. The summed E-state index contributed by atoms with van der Waals surface area (Å²) < 4.78 is 1.76. The second-order valence-electron chi connectivity index (χ2n) is 5.53. The summed E-state index contributed by atoms with van der Waals surface area (Å²) in [7, 11) is 1.86. The molecular formula is C14H24N4O. The third-order valence-electron chi connectivity index (χ3n) is 4.26. The minimum absolute atomic E-state index is 0.00606. The molecular weight excluding hydrogens is 240 g/mol. The molecule has 2 unspecified atom stereocenters. The zero-order valence-electron chi connectivity index (χ0n) is 12.1. The van der Waals surface area contributed by atoms with Gasteiger partial charge in [-0.1, -0.05) is 12.8 Å². The standard InChI is InChI=1S/C14H24N4O/c1-9-13(10(2)18(3)17-9)14(19)16-12-7-5-4-6-11(12)8-15/h11-12H,4-8,15H2,1-3H3,(H,16,19). The van der Waals surface area contributed by atoms with E-state index in [9.17, 15) is 4.79 Å². The average Bonchev–Trinajstić information content (AvgIpc) is 2.64. The molecule has 0 bridgehead atoms. The van der Waals surface area contributed by atoms with Gasteiger partial charge in [-0.15, -0.1) is 0 Å². The van der Waals surface area contributed by atoms with Crippen LogP contribution in [0.4, 0.5) is 0 Å². The molecule has 0 radical (unpaired) electrons. The molecule has 5 nitrogen and oxygen atoms in total. The summed E-state index contributed by atoms with van der Waals surface area (Å²) in [6.07, 6.45) is 4.55. The smallest absolute Gasteiger partial charge is 0.255 e. The van der Waals surface area contributed by atoms with E-state index < -0.39 is 0 Å². The van der Waals surface area contributed by atoms with Gasteiger partial charge in [-0.05, 0) is 39.2 Å². The molecule has 5 heteroatoms. The van der Waals surface area contributed by atoms with Crippen LogP contribution in [0.25, 0.3) is 0 Å². The molecule has 1 aliphatic carbocycles. The maximum absolute atomic E-state index is 12.4. The highest BCUT2D eigenvalue weighted by Gasteiger charge is 2.27. The first kappa shape index (κ1) is 14.1. The fraction of sp³-hybridized carbons (Fsp3) is 0.714. The van der Waals surface area contributed by atoms with Crippen molar-refractivity contribution in [1.82, 2.24) is 15.1 Å². The lowest BCUT2D eigenvalue weighted by Gasteiger charge is -2.31. The minimum atomic E-state index is -0.00606. The van der Waals surface area contributed by atoms with Crippen LogP contribution in [0.5, 0.6) is 0 Å². The van der Waals surface area contributed by atoms with Crippen molar-refractivity contribution in [2.24, 2.45) is 18.7 Å². The fourth-order valence-electron chi connectivity index (χ4n) is 3.02. The first-order chi connectivity index (χ1) is 9.04. The van der Waals surface area contributed by atoms with Crippen LogP contribution in [-0.2, 0) is 7.05 Å². The summed E-state index contributed by atoms with van der Waals surface area (Å²) in [6, 6.07) is 0.213. The number of nitrogens with one attached hydrogen (secondary N) is 1. The van der Waals surface area contributed by atoms with Crippen molar-refractivity contribution in [1.29, 1.82) is 0 Å². The second kappa shape index (κ2) is 5.74. The van der Waals surface area contributed by atoms with E-state index in [0.29, 0.717) is 18.0 Å². The lowest BCUT2D eigenvalue weighted by Crippen LogP contribution is -2.45. The first-order valence-electron chi connectivity index (χ1n) is 7.05. The number of rotatable bonds is 3. The van der Waals surface area contributed by atoms with Crippen molar-refractivity contribution >= 4 is 5.91 Å². The molecule has 2 rings (SSSR count).